The Morgan fingerprint density at radius 3 is 2.50 bits per heavy atom. The van der Waals surface area contributed by atoms with Crippen LogP contribution in [-0.2, 0) is 13.0 Å². The van der Waals surface area contributed by atoms with E-state index in [0.29, 0.717) is 23.4 Å². The molecule has 0 radical (unpaired) electrons. The van der Waals surface area contributed by atoms with E-state index in [2.05, 4.69) is 9.97 Å². The minimum absolute atomic E-state index is 0.0270. The van der Waals surface area contributed by atoms with Gasteiger partial charge in [-0.1, -0.05) is 6.92 Å². The molecule has 0 bridgehead atoms. The number of halogens is 3. The van der Waals surface area contributed by atoms with Crippen LogP contribution >= 0.6 is 0 Å². The van der Waals surface area contributed by atoms with Crippen LogP contribution < -0.4 is 5.56 Å². The zero-order valence-corrected chi connectivity index (χ0v) is 15.4. The Morgan fingerprint density at radius 2 is 1.93 bits per heavy atom. The zero-order chi connectivity index (χ0) is 20.5. The van der Waals surface area contributed by atoms with Crippen LogP contribution in [0.15, 0.2) is 35.4 Å². The maximum Gasteiger partial charge on any atom is 0.391 e. The summed E-state index contributed by atoms with van der Waals surface area (Å²) in [5.41, 5.74) is 0.898. The molecule has 0 aliphatic rings. The fraction of sp³-hybridized carbons (Fsp3) is 0.368. The van der Waals surface area contributed by atoms with Gasteiger partial charge >= 0.3 is 6.18 Å². The number of hydrogen-bond donors (Lipinski definition) is 0. The molecule has 1 aromatic carbocycles. The Hall–Kier alpha value is -3.15. The number of hydrogen-bond acceptors (Lipinski definition) is 4. The Morgan fingerprint density at radius 1 is 1.25 bits per heavy atom. The van der Waals surface area contributed by atoms with Crippen molar-refractivity contribution in [2.24, 2.45) is 5.92 Å². The van der Waals surface area contributed by atoms with Gasteiger partial charge < -0.3 is 4.57 Å². The first-order valence-corrected chi connectivity index (χ1v) is 8.80. The number of fused-ring (bicyclic) bond motifs is 1. The van der Waals surface area contributed by atoms with Crippen molar-refractivity contribution in [3.8, 4) is 11.8 Å². The highest BCUT2D eigenvalue weighted by molar-refractivity contribution is 5.70. The van der Waals surface area contributed by atoms with Crippen LogP contribution in [0.3, 0.4) is 0 Å². The van der Waals surface area contributed by atoms with E-state index in [1.807, 2.05) is 13.0 Å². The molecule has 1 unspecified atom stereocenters. The number of aromatic nitrogens is 4. The molecule has 1 atom stereocenters. The second-order valence-electron chi connectivity index (χ2n) is 6.51. The molecular weight excluding hydrogens is 371 g/mol. The standard InChI is InChI=1S/C19H18F3N5O/c1-3-26-11-24-16-17(26)25-15(9-4-12(2)19(20,21)22)27(18(16)28)14-7-5-13(10-23)6-8-14/h5-8,11-12H,3-4,9H2,1-2H3. The van der Waals surface area contributed by atoms with Gasteiger partial charge in [0.15, 0.2) is 11.2 Å². The van der Waals surface area contributed by atoms with Gasteiger partial charge in [0, 0.05) is 13.0 Å². The van der Waals surface area contributed by atoms with Crippen LogP contribution in [0, 0.1) is 17.2 Å². The van der Waals surface area contributed by atoms with Crippen LogP contribution in [-0.4, -0.2) is 25.3 Å². The lowest BCUT2D eigenvalue weighted by atomic mass is 10.0. The van der Waals surface area contributed by atoms with Crippen molar-refractivity contribution >= 4 is 11.2 Å². The van der Waals surface area contributed by atoms with Gasteiger partial charge in [0.25, 0.3) is 5.56 Å². The molecule has 0 N–H and O–H groups in total. The Kier molecular flexibility index (Phi) is 5.23. The molecule has 0 saturated carbocycles. The van der Waals surface area contributed by atoms with E-state index in [0.717, 1.165) is 6.92 Å². The van der Waals surface area contributed by atoms with Crippen molar-refractivity contribution in [1.29, 1.82) is 5.26 Å². The summed E-state index contributed by atoms with van der Waals surface area (Å²) >= 11 is 0. The molecule has 2 aromatic heterocycles. The lowest BCUT2D eigenvalue weighted by Crippen LogP contribution is -2.26. The van der Waals surface area contributed by atoms with Crippen LogP contribution in [0.2, 0.25) is 0 Å². The number of aryl methyl sites for hydroxylation is 2. The third-order valence-corrected chi connectivity index (χ3v) is 4.66. The second-order valence-corrected chi connectivity index (χ2v) is 6.51. The van der Waals surface area contributed by atoms with Crippen molar-refractivity contribution in [2.75, 3.05) is 0 Å². The molecular formula is C19H18F3N5O. The molecule has 2 heterocycles. The topological polar surface area (TPSA) is 76.5 Å². The van der Waals surface area contributed by atoms with Crippen LogP contribution in [0.4, 0.5) is 13.2 Å². The molecule has 3 rings (SSSR count). The van der Waals surface area contributed by atoms with E-state index < -0.39 is 17.7 Å². The second kappa shape index (κ2) is 7.46. The van der Waals surface area contributed by atoms with Gasteiger partial charge in [-0.3, -0.25) is 9.36 Å². The third-order valence-electron chi connectivity index (χ3n) is 4.66. The summed E-state index contributed by atoms with van der Waals surface area (Å²) < 4.78 is 41.7. The van der Waals surface area contributed by atoms with E-state index in [4.69, 9.17) is 5.26 Å². The van der Waals surface area contributed by atoms with Crippen LogP contribution in [0.1, 0.15) is 31.7 Å². The van der Waals surface area contributed by atoms with E-state index in [1.54, 1.807) is 28.8 Å². The normalized spacial score (nSPS) is 12.9. The first-order valence-electron chi connectivity index (χ1n) is 8.80. The molecule has 0 fully saturated rings. The lowest BCUT2D eigenvalue weighted by molar-refractivity contribution is -0.171. The maximum atomic E-state index is 13.0. The molecule has 0 amide bonds. The first-order chi connectivity index (χ1) is 13.3. The summed E-state index contributed by atoms with van der Waals surface area (Å²) in [5.74, 6) is -1.29. The van der Waals surface area contributed by atoms with E-state index >= 15 is 0 Å². The first kappa shape index (κ1) is 19.6. The van der Waals surface area contributed by atoms with E-state index in [9.17, 15) is 18.0 Å². The van der Waals surface area contributed by atoms with Crippen molar-refractivity contribution in [3.63, 3.8) is 0 Å². The van der Waals surface area contributed by atoms with Gasteiger partial charge in [0.1, 0.15) is 5.82 Å². The van der Waals surface area contributed by atoms with Gasteiger partial charge in [0.2, 0.25) is 0 Å². The summed E-state index contributed by atoms with van der Waals surface area (Å²) in [6, 6.07) is 8.21. The van der Waals surface area contributed by atoms with Crippen molar-refractivity contribution < 1.29 is 13.2 Å². The van der Waals surface area contributed by atoms with Crippen molar-refractivity contribution in [2.45, 2.75) is 39.4 Å². The van der Waals surface area contributed by atoms with E-state index in [1.165, 1.54) is 10.9 Å². The molecule has 3 aromatic rings. The fourth-order valence-corrected chi connectivity index (χ4v) is 2.90. The number of imidazole rings is 1. The molecule has 0 spiro atoms. The highest BCUT2D eigenvalue weighted by Gasteiger charge is 2.35. The molecule has 9 heteroatoms. The predicted molar refractivity (Wildman–Crippen MR) is 97.1 cm³/mol. The average molecular weight is 389 g/mol. The van der Waals surface area contributed by atoms with Crippen molar-refractivity contribution in [3.05, 3.63) is 52.3 Å². The highest BCUT2D eigenvalue weighted by Crippen LogP contribution is 2.29. The Balaban J connectivity index is 2.14. The van der Waals surface area contributed by atoms with Gasteiger partial charge in [-0.05, 0) is 37.6 Å². The largest absolute Gasteiger partial charge is 0.391 e. The number of nitrogens with zero attached hydrogens (tertiary/aromatic N) is 5. The van der Waals surface area contributed by atoms with Crippen LogP contribution in [0.5, 0.6) is 0 Å². The van der Waals surface area contributed by atoms with Crippen molar-refractivity contribution in [1.82, 2.24) is 19.1 Å². The Labute approximate surface area is 158 Å². The molecule has 146 valence electrons. The molecule has 0 aliphatic heterocycles. The average Bonchev–Trinajstić information content (AvgIpc) is 3.09. The third kappa shape index (κ3) is 3.63. The minimum Gasteiger partial charge on any atom is -0.315 e. The van der Waals surface area contributed by atoms with Gasteiger partial charge in [0.05, 0.1) is 29.6 Å². The summed E-state index contributed by atoms with van der Waals surface area (Å²) in [5, 5.41) is 8.95. The maximum absolute atomic E-state index is 13.0. The summed E-state index contributed by atoms with van der Waals surface area (Å²) in [4.78, 5) is 21.6. The van der Waals surface area contributed by atoms with E-state index in [-0.39, 0.29) is 24.2 Å². The number of nitriles is 1. The smallest absolute Gasteiger partial charge is 0.315 e. The number of benzene rings is 1. The Bertz CT molecular complexity index is 1090. The molecule has 28 heavy (non-hydrogen) atoms. The predicted octanol–water partition coefficient (Wildman–Crippen LogP) is 3.60. The molecule has 6 nitrogen and oxygen atoms in total. The lowest BCUT2D eigenvalue weighted by Gasteiger charge is -2.17. The molecule has 0 aliphatic carbocycles. The minimum atomic E-state index is -4.31. The zero-order valence-electron chi connectivity index (χ0n) is 15.4. The van der Waals surface area contributed by atoms with Gasteiger partial charge in [-0.25, -0.2) is 9.97 Å². The summed E-state index contributed by atoms with van der Waals surface area (Å²) in [7, 11) is 0. The monoisotopic (exact) mass is 389 g/mol. The summed E-state index contributed by atoms with van der Waals surface area (Å²) in [6.45, 7) is 3.50. The SMILES string of the molecule is CCn1cnc2c(=O)n(-c3ccc(C#N)cc3)c(CCC(C)C(F)(F)F)nc21. The van der Waals surface area contributed by atoms with Gasteiger partial charge in [-0.2, -0.15) is 18.4 Å². The summed E-state index contributed by atoms with van der Waals surface area (Å²) in [6.07, 6.45) is -3.04. The highest BCUT2D eigenvalue weighted by atomic mass is 19.4. The number of alkyl halides is 3. The van der Waals surface area contributed by atoms with Crippen LogP contribution in [0.25, 0.3) is 16.9 Å². The number of rotatable bonds is 5. The van der Waals surface area contributed by atoms with Gasteiger partial charge in [-0.15, -0.1) is 0 Å². The quantitative estimate of drug-likeness (QED) is 0.668. The fourth-order valence-electron chi connectivity index (χ4n) is 2.90. The molecule has 0 saturated heterocycles.